The van der Waals surface area contributed by atoms with Gasteiger partial charge in [-0.3, -0.25) is 13.9 Å². The van der Waals surface area contributed by atoms with Crippen LogP contribution in [0.15, 0.2) is 48.5 Å². The number of anilines is 1. The molecule has 200 valence electrons. The number of ether oxygens (including phenoxy) is 2. The average Bonchev–Trinajstić information content (AvgIpc) is 3.39. The van der Waals surface area contributed by atoms with E-state index in [0.29, 0.717) is 36.8 Å². The molecule has 1 atom stereocenters. The zero-order valence-electron chi connectivity index (χ0n) is 21.4. The van der Waals surface area contributed by atoms with Crippen LogP contribution in [0.4, 0.5) is 5.69 Å². The van der Waals surface area contributed by atoms with Gasteiger partial charge < -0.3 is 19.7 Å². The highest BCUT2D eigenvalue weighted by Crippen LogP contribution is 2.34. The predicted molar refractivity (Wildman–Crippen MR) is 141 cm³/mol. The van der Waals surface area contributed by atoms with Crippen molar-refractivity contribution in [1.29, 1.82) is 0 Å². The minimum absolute atomic E-state index is 0.112. The van der Waals surface area contributed by atoms with Gasteiger partial charge in [0.25, 0.3) is 0 Å². The van der Waals surface area contributed by atoms with Crippen LogP contribution in [0.25, 0.3) is 0 Å². The number of nitrogens with zero attached hydrogens (tertiary/aromatic N) is 2. The predicted octanol–water partition coefficient (Wildman–Crippen LogP) is 3.09. The standard InChI is InChI=1S/C27H35N3O6S/c1-3-23(27(32)28-21-11-7-8-12-21)29(18-20-9-5-4-6-10-20)26(31)19-30(37(2,33)34)22-13-14-24-25(17-22)36-16-15-35-24/h4-6,9-10,13-14,17,21,23H,3,7-8,11-12,15-16,18-19H2,1-2H3,(H,28,32)/t23-/m0/s1. The van der Waals surface area contributed by atoms with Crippen molar-refractivity contribution in [2.75, 3.05) is 30.3 Å². The van der Waals surface area contributed by atoms with Crippen LogP contribution in [0.1, 0.15) is 44.6 Å². The summed E-state index contributed by atoms with van der Waals surface area (Å²) < 4.78 is 37.9. The fraction of sp³-hybridized carbons (Fsp3) is 0.481. The summed E-state index contributed by atoms with van der Waals surface area (Å²) >= 11 is 0. The van der Waals surface area contributed by atoms with E-state index in [1.165, 1.54) is 4.90 Å². The highest BCUT2D eigenvalue weighted by atomic mass is 32.2. The van der Waals surface area contributed by atoms with Crippen LogP contribution in [0, 0.1) is 0 Å². The summed E-state index contributed by atoms with van der Waals surface area (Å²) in [6.07, 6.45) is 5.48. The van der Waals surface area contributed by atoms with Crippen molar-refractivity contribution in [3.63, 3.8) is 0 Å². The summed E-state index contributed by atoms with van der Waals surface area (Å²) in [4.78, 5) is 28.6. The van der Waals surface area contributed by atoms with Crippen LogP contribution in [-0.2, 0) is 26.2 Å². The smallest absolute Gasteiger partial charge is 0.244 e. The molecule has 2 aromatic carbocycles. The zero-order chi connectivity index (χ0) is 26.4. The number of hydrogen-bond donors (Lipinski definition) is 1. The van der Waals surface area contributed by atoms with Gasteiger partial charge in [0.15, 0.2) is 11.5 Å². The number of carbonyl (C=O) groups excluding carboxylic acids is 2. The molecule has 0 radical (unpaired) electrons. The molecule has 37 heavy (non-hydrogen) atoms. The molecule has 0 spiro atoms. The lowest BCUT2D eigenvalue weighted by Crippen LogP contribution is -2.53. The van der Waals surface area contributed by atoms with Crippen LogP contribution in [0.2, 0.25) is 0 Å². The van der Waals surface area contributed by atoms with Gasteiger partial charge in [-0.25, -0.2) is 8.42 Å². The maximum Gasteiger partial charge on any atom is 0.244 e. The Labute approximate surface area is 218 Å². The van der Waals surface area contributed by atoms with Crippen molar-refractivity contribution in [1.82, 2.24) is 10.2 Å². The molecule has 4 rings (SSSR count). The molecule has 1 heterocycles. The Balaban J connectivity index is 1.61. The third-order valence-corrected chi connectivity index (χ3v) is 7.92. The second kappa shape index (κ2) is 11.9. The second-order valence-electron chi connectivity index (χ2n) is 9.52. The van der Waals surface area contributed by atoms with Gasteiger partial charge in [-0.1, -0.05) is 50.1 Å². The average molecular weight is 530 g/mol. The minimum atomic E-state index is -3.83. The van der Waals surface area contributed by atoms with E-state index in [1.807, 2.05) is 37.3 Å². The lowest BCUT2D eigenvalue weighted by Gasteiger charge is -2.33. The van der Waals surface area contributed by atoms with Crippen LogP contribution in [0.3, 0.4) is 0 Å². The van der Waals surface area contributed by atoms with Gasteiger partial charge in [0.05, 0.1) is 11.9 Å². The molecule has 1 aliphatic heterocycles. The first-order valence-electron chi connectivity index (χ1n) is 12.8. The maximum absolute atomic E-state index is 13.8. The number of rotatable bonds is 10. The molecule has 10 heteroatoms. The highest BCUT2D eigenvalue weighted by Gasteiger charge is 2.33. The summed E-state index contributed by atoms with van der Waals surface area (Å²) in [5.74, 6) is 0.282. The number of fused-ring (bicyclic) bond motifs is 1. The Morgan fingerprint density at radius 3 is 2.35 bits per heavy atom. The van der Waals surface area contributed by atoms with Gasteiger partial charge in [0.2, 0.25) is 21.8 Å². The Morgan fingerprint density at radius 1 is 1.03 bits per heavy atom. The van der Waals surface area contributed by atoms with Crippen molar-refractivity contribution >= 4 is 27.5 Å². The molecule has 2 amide bonds. The molecule has 2 aliphatic rings. The van der Waals surface area contributed by atoms with E-state index < -0.39 is 28.5 Å². The minimum Gasteiger partial charge on any atom is -0.486 e. The molecule has 9 nitrogen and oxygen atoms in total. The van der Waals surface area contributed by atoms with Crippen LogP contribution >= 0.6 is 0 Å². The lowest BCUT2D eigenvalue weighted by atomic mass is 10.1. The highest BCUT2D eigenvalue weighted by molar-refractivity contribution is 7.92. The SMILES string of the molecule is CC[C@@H](C(=O)NC1CCCC1)N(Cc1ccccc1)C(=O)CN(c1ccc2c(c1)OCCO2)S(C)(=O)=O. The Kier molecular flexibility index (Phi) is 8.58. The molecule has 0 unspecified atom stereocenters. The van der Waals surface area contributed by atoms with Crippen LogP contribution in [-0.4, -0.2) is 63.2 Å². The number of nitrogens with one attached hydrogen (secondary N) is 1. The molecule has 1 fully saturated rings. The van der Waals surface area contributed by atoms with E-state index >= 15 is 0 Å². The largest absolute Gasteiger partial charge is 0.486 e. The molecular formula is C27H35N3O6S. The summed E-state index contributed by atoms with van der Waals surface area (Å²) in [6, 6.07) is 13.6. The molecule has 1 aliphatic carbocycles. The first kappa shape index (κ1) is 26.8. The second-order valence-corrected chi connectivity index (χ2v) is 11.4. The molecule has 0 aromatic heterocycles. The maximum atomic E-state index is 13.8. The van der Waals surface area contributed by atoms with Crippen molar-refractivity contribution in [3.05, 3.63) is 54.1 Å². The first-order valence-corrected chi connectivity index (χ1v) is 14.6. The third kappa shape index (κ3) is 6.74. The van der Waals surface area contributed by atoms with Crippen molar-refractivity contribution in [3.8, 4) is 11.5 Å². The topological polar surface area (TPSA) is 105 Å². The zero-order valence-corrected chi connectivity index (χ0v) is 22.2. The molecule has 2 aromatic rings. The third-order valence-electron chi connectivity index (χ3n) is 6.78. The van der Waals surface area contributed by atoms with E-state index in [4.69, 9.17) is 9.47 Å². The van der Waals surface area contributed by atoms with E-state index in [2.05, 4.69) is 5.32 Å². The summed E-state index contributed by atoms with van der Waals surface area (Å²) in [5, 5.41) is 3.11. The summed E-state index contributed by atoms with van der Waals surface area (Å²) in [6.45, 7) is 2.37. The Morgan fingerprint density at radius 2 is 1.70 bits per heavy atom. The molecule has 0 bridgehead atoms. The first-order chi connectivity index (χ1) is 17.8. The summed E-state index contributed by atoms with van der Waals surface area (Å²) in [5.41, 5.74) is 1.15. The number of hydrogen-bond acceptors (Lipinski definition) is 6. The van der Waals surface area contributed by atoms with Crippen molar-refractivity contribution < 1.29 is 27.5 Å². The van der Waals surface area contributed by atoms with E-state index in [0.717, 1.165) is 41.8 Å². The fourth-order valence-corrected chi connectivity index (χ4v) is 5.71. The Bertz CT molecular complexity index is 1200. The van der Waals surface area contributed by atoms with Crippen molar-refractivity contribution in [2.45, 2.75) is 57.7 Å². The molecule has 1 saturated carbocycles. The number of carbonyl (C=O) groups is 2. The van der Waals surface area contributed by atoms with Gasteiger partial charge in [0, 0.05) is 18.7 Å². The van der Waals surface area contributed by atoms with Crippen LogP contribution in [0.5, 0.6) is 11.5 Å². The van der Waals surface area contributed by atoms with E-state index in [-0.39, 0.29) is 18.5 Å². The number of sulfonamides is 1. The normalized spacial score (nSPS) is 16.2. The van der Waals surface area contributed by atoms with Gasteiger partial charge in [-0.05, 0) is 37.0 Å². The summed E-state index contributed by atoms with van der Waals surface area (Å²) in [7, 11) is -3.83. The molecule has 0 saturated heterocycles. The van der Waals surface area contributed by atoms with Crippen LogP contribution < -0.4 is 19.1 Å². The van der Waals surface area contributed by atoms with Crippen molar-refractivity contribution in [2.24, 2.45) is 0 Å². The van der Waals surface area contributed by atoms with Gasteiger partial charge in [-0.15, -0.1) is 0 Å². The molecular weight excluding hydrogens is 494 g/mol. The van der Waals surface area contributed by atoms with Gasteiger partial charge >= 0.3 is 0 Å². The Hall–Kier alpha value is -3.27. The quantitative estimate of drug-likeness (QED) is 0.507. The van der Waals surface area contributed by atoms with E-state index in [9.17, 15) is 18.0 Å². The monoisotopic (exact) mass is 529 g/mol. The van der Waals surface area contributed by atoms with Gasteiger partial charge in [0.1, 0.15) is 25.8 Å². The van der Waals surface area contributed by atoms with Gasteiger partial charge in [-0.2, -0.15) is 0 Å². The molecule has 1 N–H and O–H groups in total. The fourth-order valence-electron chi connectivity index (χ4n) is 4.87. The number of benzene rings is 2. The van der Waals surface area contributed by atoms with E-state index in [1.54, 1.807) is 18.2 Å². The lowest BCUT2D eigenvalue weighted by molar-refractivity contribution is -0.140. The number of amides is 2.